The Morgan fingerprint density at radius 3 is 2.74 bits per heavy atom. The number of pyridine rings is 1. The molecule has 2 aliphatic rings. The van der Waals surface area contributed by atoms with Crippen LogP contribution in [0.15, 0.2) is 24.5 Å². The first-order chi connectivity index (χ1) is 12.8. The van der Waals surface area contributed by atoms with Gasteiger partial charge in [0.1, 0.15) is 11.4 Å². The molecule has 2 aromatic heterocycles. The molecule has 0 radical (unpaired) electrons. The van der Waals surface area contributed by atoms with Crippen LogP contribution < -0.4 is 4.90 Å². The minimum Gasteiger partial charge on any atom is -0.462 e. The number of hydrogen-bond acceptors (Lipinski definition) is 6. The number of ether oxygens (including phenoxy) is 1. The highest BCUT2D eigenvalue weighted by atomic mass is 16.5. The van der Waals surface area contributed by atoms with Crippen LogP contribution in [0.25, 0.3) is 0 Å². The molecule has 144 valence electrons. The predicted molar refractivity (Wildman–Crippen MR) is 101 cm³/mol. The molecule has 1 N–H and O–H groups in total. The molecule has 4 rings (SSSR count). The normalized spacial score (nSPS) is 21.3. The molecule has 7 nitrogen and oxygen atoms in total. The highest BCUT2D eigenvalue weighted by Gasteiger charge is 2.45. The van der Waals surface area contributed by atoms with E-state index in [1.807, 2.05) is 12.1 Å². The molecule has 2 unspecified atom stereocenters. The fourth-order valence-electron chi connectivity index (χ4n) is 3.84. The van der Waals surface area contributed by atoms with E-state index in [-0.39, 0.29) is 5.97 Å². The molecule has 1 aliphatic carbocycles. The molecule has 0 amide bonds. The third-order valence-electron chi connectivity index (χ3n) is 5.32. The summed E-state index contributed by atoms with van der Waals surface area (Å²) in [7, 11) is 0. The van der Waals surface area contributed by atoms with Crippen molar-refractivity contribution in [3.8, 4) is 0 Å². The van der Waals surface area contributed by atoms with Crippen LogP contribution in [0, 0.1) is 11.8 Å². The molecule has 0 spiro atoms. The van der Waals surface area contributed by atoms with Crippen LogP contribution >= 0.6 is 0 Å². The number of piperidine rings is 1. The van der Waals surface area contributed by atoms with Gasteiger partial charge in [0.05, 0.1) is 30.6 Å². The molecular formula is C20H26N4O3. The van der Waals surface area contributed by atoms with Gasteiger partial charge in [0.15, 0.2) is 0 Å². The summed E-state index contributed by atoms with van der Waals surface area (Å²) in [4.78, 5) is 18.9. The Hall–Kier alpha value is -2.41. The Morgan fingerprint density at radius 1 is 1.33 bits per heavy atom. The number of carbonyl (C=O) groups excluding carboxylic acids is 1. The second-order valence-electron chi connectivity index (χ2n) is 8.04. The van der Waals surface area contributed by atoms with Crippen molar-refractivity contribution in [2.24, 2.45) is 11.8 Å². The molecule has 3 heterocycles. The van der Waals surface area contributed by atoms with Gasteiger partial charge >= 0.3 is 5.97 Å². The minimum atomic E-state index is -1.06. The molecule has 0 bridgehead atoms. The molecule has 27 heavy (non-hydrogen) atoms. The number of aliphatic hydroxyl groups is 1. The van der Waals surface area contributed by atoms with E-state index in [0.717, 1.165) is 36.3 Å². The van der Waals surface area contributed by atoms with Gasteiger partial charge in [-0.15, -0.1) is 0 Å². The van der Waals surface area contributed by atoms with Crippen LogP contribution in [0.3, 0.4) is 0 Å². The van der Waals surface area contributed by atoms with Gasteiger partial charge in [-0.05, 0) is 50.7 Å². The fraction of sp³-hybridized carbons (Fsp3) is 0.550. The second kappa shape index (κ2) is 6.64. The summed E-state index contributed by atoms with van der Waals surface area (Å²) in [6, 6.07) is 4.02. The maximum atomic E-state index is 11.8. The topological polar surface area (TPSA) is 80.5 Å². The van der Waals surface area contributed by atoms with E-state index in [2.05, 4.69) is 10.00 Å². The zero-order valence-corrected chi connectivity index (χ0v) is 16.1. The van der Waals surface area contributed by atoms with Gasteiger partial charge in [0, 0.05) is 19.3 Å². The predicted octanol–water partition coefficient (Wildman–Crippen LogP) is 2.19. The number of carbonyl (C=O) groups is 1. The Labute approximate surface area is 159 Å². The van der Waals surface area contributed by atoms with E-state index in [4.69, 9.17) is 9.72 Å². The van der Waals surface area contributed by atoms with Gasteiger partial charge in [0.25, 0.3) is 0 Å². The van der Waals surface area contributed by atoms with Gasteiger partial charge in [-0.3, -0.25) is 4.68 Å². The third-order valence-corrected chi connectivity index (χ3v) is 5.32. The maximum Gasteiger partial charge on any atom is 0.341 e. The molecule has 1 aliphatic heterocycles. The first-order valence-electron chi connectivity index (χ1n) is 9.52. The van der Waals surface area contributed by atoms with E-state index in [1.54, 1.807) is 31.6 Å². The fourth-order valence-corrected chi connectivity index (χ4v) is 3.84. The van der Waals surface area contributed by atoms with Gasteiger partial charge in [-0.25, -0.2) is 9.78 Å². The summed E-state index contributed by atoms with van der Waals surface area (Å²) in [5, 5.41) is 14.9. The average molecular weight is 370 g/mol. The number of nitrogens with zero attached hydrogens (tertiary/aromatic N) is 4. The third kappa shape index (κ3) is 3.69. The number of fused-ring (bicyclic) bond motifs is 1. The largest absolute Gasteiger partial charge is 0.462 e. The van der Waals surface area contributed by atoms with Gasteiger partial charge in [-0.1, -0.05) is 6.07 Å². The molecule has 0 aromatic carbocycles. The van der Waals surface area contributed by atoms with Gasteiger partial charge in [0.2, 0.25) is 0 Å². The lowest BCUT2D eigenvalue weighted by Crippen LogP contribution is -2.27. The number of hydrogen-bond donors (Lipinski definition) is 1. The molecule has 2 aromatic rings. The van der Waals surface area contributed by atoms with Crippen LogP contribution in [0.1, 0.15) is 48.8 Å². The van der Waals surface area contributed by atoms with Gasteiger partial charge < -0.3 is 14.7 Å². The highest BCUT2D eigenvalue weighted by molar-refractivity contribution is 5.88. The summed E-state index contributed by atoms with van der Waals surface area (Å²) in [6.07, 6.45) is 4.50. The van der Waals surface area contributed by atoms with Crippen molar-refractivity contribution >= 4 is 11.8 Å². The van der Waals surface area contributed by atoms with E-state index in [1.165, 1.54) is 12.6 Å². The number of aromatic nitrogens is 3. The Bertz CT molecular complexity index is 845. The molecule has 2 fully saturated rings. The monoisotopic (exact) mass is 370 g/mol. The second-order valence-corrected chi connectivity index (χ2v) is 8.04. The van der Waals surface area contributed by atoms with Crippen molar-refractivity contribution < 1.29 is 14.6 Å². The first-order valence-corrected chi connectivity index (χ1v) is 9.52. The van der Waals surface area contributed by atoms with E-state index >= 15 is 0 Å². The lowest BCUT2D eigenvalue weighted by atomic mass is 9.99. The number of rotatable bonds is 6. The number of anilines is 1. The number of esters is 1. The summed E-state index contributed by atoms with van der Waals surface area (Å²) in [6.45, 7) is 8.14. The Morgan fingerprint density at radius 2 is 2.07 bits per heavy atom. The summed E-state index contributed by atoms with van der Waals surface area (Å²) < 4.78 is 6.67. The van der Waals surface area contributed by atoms with Crippen molar-refractivity contribution in [2.75, 3.05) is 24.6 Å². The minimum absolute atomic E-state index is 0.330. The van der Waals surface area contributed by atoms with E-state index in [0.29, 0.717) is 24.4 Å². The smallest absolute Gasteiger partial charge is 0.341 e. The average Bonchev–Trinajstić information content (AvgIpc) is 3.02. The summed E-state index contributed by atoms with van der Waals surface area (Å²) in [5.74, 6) is 2.19. The lowest BCUT2D eigenvalue weighted by Gasteiger charge is -2.25. The zero-order valence-electron chi connectivity index (χ0n) is 16.1. The van der Waals surface area contributed by atoms with Crippen LogP contribution in [0.2, 0.25) is 0 Å². The first kappa shape index (κ1) is 18.0. The van der Waals surface area contributed by atoms with Crippen LogP contribution in [0.4, 0.5) is 5.82 Å². The molecule has 1 saturated carbocycles. The van der Waals surface area contributed by atoms with Crippen molar-refractivity contribution in [3.05, 3.63) is 41.3 Å². The van der Waals surface area contributed by atoms with E-state index < -0.39 is 5.60 Å². The summed E-state index contributed by atoms with van der Waals surface area (Å²) >= 11 is 0. The van der Waals surface area contributed by atoms with Crippen molar-refractivity contribution in [3.63, 3.8) is 0 Å². The Kier molecular flexibility index (Phi) is 4.42. The van der Waals surface area contributed by atoms with Crippen LogP contribution in [-0.4, -0.2) is 45.5 Å². The lowest BCUT2D eigenvalue weighted by molar-refractivity contribution is 0.0526. The molecule has 1 saturated heterocycles. The SMILES string of the molecule is CCOC(=O)c1cnn(Cc2ccc(N3CC4CC4C3)nc2C(C)(C)O)c1. The quantitative estimate of drug-likeness (QED) is 0.785. The van der Waals surface area contributed by atoms with Crippen molar-refractivity contribution in [1.29, 1.82) is 0 Å². The van der Waals surface area contributed by atoms with E-state index in [9.17, 15) is 9.90 Å². The molecule has 7 heteroatoms. The maximum absolute atomic E-state index is 11.8. The zero-order chi connectivity index (χ0) is 19.2. The van der Waals surface area contributed by atoms with Gasteiger partial charge in [-0.2, -0.15) is 5.10 Å². The van der Waals surface area contributed by atoms with Crippen LogP contribution in [-0.2, 0) is 16.9 Å². The van der Waals surface area contributed by atoms with Crippen molar-refractivity contribution in [1.82, 2.24) is 14.8 Å². The van der Waals surface area contributed by atoms with Crippen LogP contribution in [0.5, 0.6) is 0 Å². The summed E-state index contributed by atoms with van der Waals surface area (Å²) in [5.41, 5.74) is 0.885. The Balaban J connectivity index is 1.57. The molecular weight excluding hydrogens is 344 g/mol. The highest BCUT2D eigenvalue weighted by Crippen LogP contribution is 2.46. The standard InChI is InChI=1S/C20H26N4O3/c1-4-27-19(25)16-8-21-24(12-16)11-13-5-6-17(22-18(13)20(2,3)26)23-9-14-7-15(14)10-23/h5-6,8,12,14-15,26H,4,7,9-11H2,1-3H3. The molecule has 2 atom stereocenters. The van der Waals surface area contributed by atoms with Crippen molar-refractivity contribution in [2.45, 2.75) is 39.3 Å².